The van der Waals surface area contributed by atoms with Crippen molar-refractivity contribution in [3.63, 3.8) is 0 Å². The van der Waals surface area contributed by atoms with Crippen LogP contribution in [0, 0.1) is 0 Å². The van der Waals surface area contributed by atoms with Gasteiger partial charge in [0.1, 0.15) is 0 Å². The minimum atomic E-state index is -1.18. The van der Waals surface area contributed by atoms with Crippen LogP contribution in [0.2, 0.25) is 0 Å². The van der Waals surface area contributed by atoms with Crippen molar-refractivity contribution in [3.05, 3.63) is 23.7 Å². The molecule has 0 saturated carbocycles. The molecule has 98 valence electrons. The number of ether oxygens (including phenoxy) is 1. The summed E-state index contributed by atoms with van der Waals surface area (Å²) >= 11 is 0. The van der Waals surface area contributed by atoms with Gasteiger partial charge in [-0.2, -0.15) is 0 Å². The summed E-state index contributed by atoms with van der Waals surface area (Å²) in [6.45, 7) is 4.74. The van der Waals surface area contributed by atoms with Crippen molar-refractivity contribution in [2.24, 2.45) is 0 Å². The van der Waals surface area contributed by atoms with Crippen molar-refractivity contribution in [2.45, 2.75) is 26.1 Å². The van der Waals surface area contributed by atoms with Gasteiger partial charge in [0.2, 0.25) is 5.76 Å². The van der Waals surface area contributed by atoms with Crippen molar-refractivity contribution in [2.75, 3.05) is 13.1 Å². The van der Waals surface area contributed by atoms with E-state index < -0.39 is 5.97 Å². The predicted octanol–water partition coefficient (Wildman–Crippen LogP) is 1.23. The number of aromatic carboxylic acids is 1. The third-order valence-electron chi connectivity index (χ3n) is 2.73. The maximum atomic E-state index is 12.1. The molecule has 18 heavy (non-hydrogen) atoms. The molecule has 2 atom stereocenters. The molecule has 1 amide bonds. The second-order valence-electron chi connectivity index (χ2n) is 4.44. The number of amides is 1. The summed E-state index contributed by atoms with van der Waals surface area (Å²) < 4.78 is 10.5. The molecule has 2 heterocycles. The molecule has 0 aromatic carbocycles. The highest BCUT2D eigenvalue weighted by Crippen LogP contribution is 2.16. The normalized spacial score (nSPS) is 24.0. The first kappa shape index (κ1) is 12.6. The molecule has 1 N–H and O–H groups in total. The molecular weight excluding hydrogens is 238 g/mol. The van der Waals surface area contributed by atoms with Crippen LogP contribution >= 0.6 is 0 Å². The predicted molar refractivity (Wildman–Crippen MR) is 61.6 cm³/mol. The van der Waals surface area contributed by atoms with Gasteiger partial charge < -0.3 is 19.2 Å². The quantitative estimate of drug-likeness (QED) is 0.857. The first-order valence-electron chi connectivity index (χ1n) is 5.75. The van der Waals surface area contributed by atoms with Crippen LogP contribution in [0.5, 0.6) is 0 Å². The standard InChI is InChI=1S/C12H15NO5/c1-7-5-13(6-8(2)17-7)11(14)9-3-4-10(18-9)12(15)16/h3-4,7-8H,5-6H2,1-2H3,(H,15,16)/t7-,8+. The lowest BCUT2D eigenvalue weighted by atomic mass is 10.2. The smallest absolute Gasteiger partial charge is 0.371 e. The molecule has 0 spiro atoms. The van der Waals surface area contributed by atoms with Gasteiger partial charge in [-0.3, -0.25) is 4.79 Å². The number of furan rings is 1. The molecule has 0 radical (unpaired) electrons. The third kappa shape index (κ3) is 2.53. The number of hydrogen-bond donors (Lipinski definition) is 1. The van der Waals surface area contributed by atoms with Crippen molar-refractivity contribution in [1.29, 1.82) is 0 Å². The van der Waals surface area contributed by atoms with Crippen LogP contribution < -0.4 is 0 Å². The van der Waals surface area contributed by atoms with Crippen molar-refractivity contribution in [3.8, 4) is 0 Å². The highest BCUT2D eigenvalue weighted by molar-refractivity contribution is 5.93. The number of morpholine rings is 1. The van der Waals surface area contributed by atoms with Gasteiger partial charge in [0.05, 0.1) is 12.2 Å². The lowest BCUT2D eigenvalue weighted by molar-refractivity contribution is -0.0592. The Morgan fingerprint density at radius 2 is 1.78 bits per heavy atom. The number of carbonyl (C=O) groups excluding carboxylic acids is 1. The first-order chi connectivity index (χ1) is 8.47. The van der Waals surface area contributed by atoms with Gasteiger partial charge in [0, 0.05) is 13.1 Å². The van der Waals surface area contributed by atoms with E-state index in [0.717, 1.165) is 0 Å². The average Bonchev–Trinajstić information content (AvgIpc) is 2.75. The summed E-state index contributed by atoms with van der Waals surface area (Å²) in [5.74, 6) is -1.66. The fraction of sp³-hybridized carbons (Fsp3) is 0.500. The van der Waals surface area contributed by atoms with Gasteiger partial charge in [-0.15, -0.1) is 0 Å². The summed E-state index contributed by atoms with van der Waals surface area (Å²) in [5, 5.41) is 8.74. The van der Waals surface area contributed by atoms with Crippen molar-refractivity contribution in [1.82, 2.24) is 4.90 Å². The van der Waals surface area contributed by atoms with Crippen LogP contribution in [-0.2, 0) is 4.74 Å². The largest absolute Gasteiger partial charge is 0.475 e. The molecular formula is C12H15NO5. The fourth-order valence-electron chi connectivity index (χ4n) is 2.07. The van der Waals surface area contributed by atoms with E-state index in [1.807, 2.05) is 13.8 Å². The van der Waals surface area contributed by atoms with E-state index in [0.29, 0.717) is 13.1 Å². The lowest BCUT2D eigenvalue weighted by Crippen LogP contribution is -2.48. The van der Waals surface area contributed by atoms with Gasteiger partial charge in [0.25, 0.3) is 5.91 Å². The molecule has 0 bridgehead atoms. The van der Waals surface area contributed by atoms with Gasteiger partial charge in [-0.1, -0.05) is 0 Å². The summed E-state index contributed by atoms with van der Waals surface area (Å²) in [4.78, 5) is 24.4. The van der Waals surface area contributed by atoms with E-state index in [2.05, 4.69) is 0 Å². The van der Waals surface area contributed by atoms with Crippen LogP contribution in [0.3, 0.4) is 0 Å². The second-order valence-corrected chi connectivity index (χ2v) is 4.44. The number of carboxylic acids is 1. The Hall–Kier alpha value is -1.82. The zero-order valence-corrected chi connectivity index (χ0v) is 10.3. The van der Waals surface area contributed by atoms with E-state index in [1.54, 1.807) is 4.90 Å². The molecule has 1 aliphatic rings. The van der Waals surface area contributed by atoms with Crippen LogP contribution in [-0.4, -0.2) is 47.2 Å². The molecule has 1 aromatic rings. The van der Waals surface area contributed by atoms with Gasteiger partial charge in [-0.25, -0.2) is 4.79 Å². The molecule has 1 fully saturated rings. The molecule has 1 saturated heterocycles. The molecule has 0 unspecified atom stereocenters. The van der Waals surface area contributed by atoms with Crippen LogP contribution in [0.1, 0.15) is 35.0 Å². The zero-order valence-electron chi connectivity index (χ0n) is 10.3. The number of hydrogen-bond acceptors (Lipinski definition) is 4. The van der Waals surface area contributed by atoms with Crippen LogP contribution in [0.25, 0.3) is 0 Å². The third-order valence-corrected chi connectivity index (χ3v) is 2.73. The van der Waals surface area contributed by atoms with Gasteiger partial charge in [-0.05, 0) is 26.0 Å². The van der Waals surface area contributed by atoms with Crippen LogP contribution in [0.15, 0.2) is 16.5 Å². The summed E-state index contributed by atoms with van der Waals surface area (Å²) in [6, 6.07) is 2.67. The Kier molecular flexibility index (Phi) is 3.38. The van der Waals surface area contributed by atoms with E-state index >= 15 is 0 Å². The SMILES string of the molecule is C[C@@H]1CN(C(=O)c2ccc(C(=O)O)o2)C[C@H](C)O1. The molecule has 6 heteroatoms. The van der Waals surface area contributed by atoms with E-state index in [1.165, 1.54) is 12.1 Å². The van der Waals surface area contributed by atoms with E-state index in [9.17, 15) is 9.59 Å². The van der Waals surface area contributed by atoms with Crippen LogP contribution in [0.4, 0.5) is 0 Å². The Morgan fingerprint density at radius 3 is 2.28 bits per heavy atom. The van der Waals surface area contributed by atoms with Gasteiger partial charge >= 0.3 is 5.97 Å². The second kappa shape index (κ2) is 4.81. The minimum absolute atomic E-state index is 0.0355. The zero-order chi connectivity index (χ0) is 13.3. The average molecular weight is 253 g/mol. The summed E-state index contributed by atoms with van der Waals surface area (Å²) in [5.41, 5.74) is 0. The summed E-state index contributed by atoms with van der Waals surface area (Å²) in [6.07, 6.45) is -0.0711. The molecule has 0 aliphatic carbocycles. The topological polar surface area (TPSA) is 80.0 Å². The number of carboxylic acid groups (broad SMARTS) is 1. The van der Waals surface area contributed by atoms with Crippen molar-refractivity contribution < 1.29 is 23.8 Å². The Bertz CT molecular complexity index is 457. The Balaban J connectivity index is 2.12. The maximum absolute atomic E-state index is 12.1. The molecule has 1 aliphatic heterocycles. The molecule has 1 aromatic heterocycles. The van der Waals surface area contributed by atoms with E-state index in [-0.39, 0.29) is 29.6 Å². The number of nitrogens with zero attached hydrogens (tertiary/aromatic N) is 1. The Labute approximate surface area is 104 Å². The number of rotatable bonds is 2. The fourth-order valence-corrected chi connectivity index (χ4v) is 2.07. The van der Waals surface area contributed by atoms with Crippen molar-refractivity contribution >= 4 is 11.9 Å². The highest BCUT2D eigenvalue weighted by atomic mass is 16.5. The first-order valence-corrected chi connectivity index (χ1v) is 5.75. The highest BCUT2D eigenvalue weighted by Gasteiger charge is 2.28. The lowest BCUT2D eigenvalue weighted by Gasteiger charge is -2.34. The van der Waals surface area contributed by atoms with Gasteiger partial charge in [0.15, 0.2) is 5.76 Å². The van der Waals surface area contributed by atoms with E-state index in [4.69, 9.17) is 14.3 Å². The molecule has 2 rings (SSSR count). The monoisotopic (exact) mass is 253 g/mol. The maximum Gasteiger partial charge on any atom is 0.371 e. The summed E-state index contributed by atoms with van der Waals surface area (Å²) in [7, 11) is 0. The minimum Gasteiger partial charge on any atom is -0.475 e. The Morgan fingerprint density at radius 1 is 1.22 bits per heavy atom. The molecule has 6 nitrogen and oxygen atoms in total. The number of carbonyl (C=O) groups is 2.